The van der Waals surface area contributed by atoms with Gasteiger partial charge in [0.15, 0.2) is 5.84 Å². The molecule has 0 aliphatic heterocycles. The fourth-order valence-electron chi connectivity index (χ4n) is 1.22. The lowest BCUT2D eigenvalue weighted by atomic mass is 10.1. The summed E-state index contributed by atoms with van der Waals surface area (Å²) in [7, 11) is 0. The maximum absolute atomic E-state index is 13.0. The van der Waals surface area contributed by atoms with Gasteiger partial charge in [-0.05, 0) is 31.5 Å². The summed E-state index contributed by atoms with van der Waals surface area (Å²) >= 11 is 0. The van der Waals surface area contributed by atoms with Crippen LogP contribution in [0.5, 0.6) is 0 Å². The second-order valence-corrected chi connectivity index (χ2v) is 3.65. The molecule has 0 radical (unpaired) electrons. The van der Waals surface area contributed by atoms with E-state index in [1.54, 1.807) is 6.07 Å². The average molecular weight is 226 g/mol. The number of amidine groups is 1. The molecule has 0 saturated heterocycles. The van der Waals surface area contributed by atoms with E-state index < -0.39 is 5.82 Å². The van der Waals surface area contributed by atoms with Gasteiger partial charge in [-0.15, -0.1) is 0 Å². The van der Waals surface area contributed by atoms with E-state index in [2.05, 4.69) is 5.16 Å². The zero-order valence-electron chi connectivity index (χ0n) is 9.27. The van der Waals surface area contributed by atoms with Crippen LogP contribution in [0.4, 0.5) is 4.39 Å². The van der Waals surface area contributed by atoms with E-state index in [0.29, 0.717) is 17.7 Å². The van der Waals surface area contributed by atoms with Crippen LogP contribution >= 0.6 is 0 Å². The molecule has 88 valence electrons. The summed E-state index contributed by atoms with van der Waals surface area (Å²) in [6.07, 6.45) is 0.0604. The summed E-state index contributed by atoms with van der Waals surface area (Å²) < 4.78 is 18.4. The van der Waals surface area contributed by atoms with Crippen molar-refractivity contribution in [3.05, 3.63) is 35.1 Å². The first-order chi connectivity index (χ1) is 7.54. The molecule has 0 saturated carbocycles. The van der Waals surface area contributed by atoms with Crippen molar-refractivity contribution in [2.45, 2.75) is 26.6 Å². The fourth-order valence-corrected chi connectivity index (χ4v) is 1.22. The maximum Gasteiger partial charge on any atom is 0.170 e. The van der Waals surface area contributed by atoms with Crippen molar-refractivity contribution in [3.63, 3.8) is 0 Å². The molecule has 16 heavy (non-hydrogen) atoms. The quantitative estimate of drug-likeness (QED) is 0.356. The van der Waals surface area contributed by atoms with Gasteiger partial charge >= 0.3 is 0 Å². The number of nitrogens with zero attached hydrogens (tertiary/aromatic N) is 1. The van der Waals surface area contributed by atoms with Gasteiger partial charge in [0.25, 0.3) is 0 Å². The predicted octanol–water partition coefficient (Wildman–Crippen LogP) is 1.85. The first-order valence-corrected chi connectivity index (χ1v) is 4.92. The van der Waals surface area contributed by atoms with Crippen LogP contribution in [-0.4, -0.2) is 17.1 Å². The van der Waals surface area contributed by atoms with Gasteiger partial charge in [0.05, 0.1) is 12.7 Å². The molecule has 3 N–H and O–H groups in total. The molecule has 0 atom stereocenters. The van der Waals surface area contributed by atoms with Crippen molar-refractivity contribution in [1.82, 2.24) is 0 Å². The normalized spacial score (nSPS) is 12.1. The predicted molar refractivity (Wildman–Crippen MR) is 58.8 cm³/mol. The molecule has 0 fully saturated rings. The minimum atomic E-state index is -0.435. The van der Waals surface area contributed by atoms with Gasteiger partial charge in [-0.2, -0.15) is 0 Å². The zero-order valence-corrected chi connectivity index (χ0v) is 9.27. The van der Waals surface area contributed by atoms with Crippen molar-refractivity contribution >= 4 is 5.84 Å². The van der Waals surface area contributed by atoms with Crippen molar-refractivity contribution in [1.29, 1.82) is 0 Å². The average Bonchev–Trinajstić information content (AvgIpc) is 2.26. The summed E-state index contributed by atoms with van der Waals surface area (Å²) in [4.78, 5) is 0. The summed E-state index contributed by atoms with van der Waals surface area (Å²) in [6.45, 7) is 4.09. The van der Waals surface area contributed by atoms with Crippen LogP contribution in [0.1, 0.15) is 25.0 Å². The Balaban J connectivity index is 2.98. The minimum absolute atomic E-state index is 0.0604. The molecule has 0 aliphatic rings. The first-order valence-electron chi connectivity index (χ1n) is 4.92. The monoisotopic (exact) mass is 226 g/mol. The third kappa shape index (κ3) is 3.20. The van der Waals surface area contributed by atoms with Crippen molar-refractivity contribution in [3.8, 4) is 0 Å². The topological polar surface area (TPSA) is 67.8 Å². The highest BCUT2D eigenvalue weighted by molar-refractivity contribution is 5.98. The Hall–Kier alpha value is -1.62. The molecule has 0 heterocycles. The third-order valence-corrected chi connectivity index (χ3v) is 2.03. The largest absolute Gasteiger partial charge is 0.409 e. The Morgan fingerprint density at radius 1 is 1.56 bits per heavy atom. The van der Waals surface area contributed by atoms with E-state index >= 15 is 0 Å². The van der Waals surface area contributed by atoms with Gasteiger partial charge in [0.1, 0.15) is 5.82 Å². The molecular formula is C11H15FN2O2. The lowest BCUT2D eigenvalue weighted by molar-refractivity contribution is 0.0656. The standard InChI is InChI=1S/C11H15FN2O2/c1-7(2)16-6-8-3-4-9(12)5-10(8)11(13)14-15/h3-5,7,15H,6H2,1-2H3,(H2,13,14). The summed E-state index contributed by atoms with van der Waals surface area (Å²) in [5, 5.41) is 11.4. The van der Waals surface area contributed by atoms with Gasteiger partial charge in [-0.25, -0.2) is 4.39 Å². The molecule has 1 aromatic carbocycles. The van der Waals surface area contributed by atoms with Gasteiger partial charge in [0, 0.05) is 5.56 Å². The Kier molecular flexibility index (Phi) is 4.25. The van der Waals surface area contributed by atoms with Crippen molar-refractivity contribution in [2.24, 2.45) is 10.9 Å². The Bertz CT molecular complexity index is 392. The lowest BCUT2D eigenvalue weighted by Crippen LogP contribution is -2.17. The van der Waals surface area contributed by atoms with Crippen molar-refractivity contribution < 1.29 is 14.3 Å². The van der Waals surface area contributed by atoms with E-state index in [9.17, 15) is 4.39 Å². The molecule has 0 spiro atoms. The molecule has 1 aromatic rings. The smallest absolute Gasteiger partial charge is 0.170 e. The molecule has 0 unspecified atom stereocenters. The van der Waals surface area contributed by atoms with Gasteiger partial charge in [-0.3, -0.25) is 0 Å². The molecule has 0 aliphatic carbocycles. The minimum Gasteiger partial charge on any atom is -0.409 e. The summed E-state index contributed by atoms with van der Waals surface area (Å²) in [5.74, 6) is -0.559. The number of halogens is 1. The summed E-state index contributed by atoms with van der Waals surface area (Å²) in [6, 6.07) is 4.09. The number of oxime groups is 1. The number of benzene rings is 1. The Labute approximate surface area is 93.5 Å². The first kappa shape index (κ1) is 12.4. The van der Waals surface area contributed by atoms with E-state index in [4.69, 9.17) is 15.7 Å². The third-order valence-electron chi connectivity index (χ3n) is 2.03. The van der Waals surface area contributed by atoms with E-state index in [1.165, 1.54) is 12.1 Å². The lowest BCUT2D eigenvalue weighted by Gasteiger charge is -2.11. The van der Waals surface area contributed by atoms with E-state index in [0.717, 1.165) is 0 Å². The summed E-state index contributed by atoms with van der Waals surface area (Å²) in [5.41, 5.74) is 6.48. The second kappa shape index (κ2) is 5.46. The second-order valence-electron chi connectivity index (χ2n) is 3.65. The van der Waals surface area contributed by atoms with Gasteiger partial charge in [0.2, 0.25) is 0 Å². The fraction of sp³-hybridized carbons (Fsp3) is 0.364. The maximum atomic E-state index is 13.0. The van der Waals surface area contributed by atoms with E-state index in [1.807, 2.05) is 13.8 Å². The van der Waals surface area contributed by atoms with Crippen molar-refractivity contribution in [2.75, 3.05) is 0 Å². The Morgan fingerprint density at radius 3 is 2.81 bits per heavy atom. The number of ether oxygens (including phenoxy) is 1. The number of nitrogens with two attached hydrogens (primary N) is 1. The number of rotatable bonds is 4. The highest BCUT2D eigenvalue weighted by atomic mass is 19.1. The van der Waals surface area contributed by atoms with Crippen LogP contribution in [0.3, 0.4) is 0 Å². The molecule has 1 rings (SSSR count). The molecule has 0 bridgehead atoms. The molecule has 5 heteroatoms. The highest BCUT2D eigenvalue weighted by Gasteiger charge is 2.09. The van der Waals surface area contributed by atoms with Crippen LogP contribution in [-0.2, 0) is 11.3 Å². The van der Waals surface area contributed by atoms with E-state index in [-0.39, 0.29) is 11.9 Å². The highest BCUT2D eigenvalue weighted by Crippen LogP contribution is 2.13. The SMILES string of the molecule is CC(C)OCc1ccc(F)cc1C(N)=NO. The zero-order chi connectivity index (χ0) is 12.1. The van der Waals surface area contributed by atoms with Gasteiger partial charge < -0.3 is 15.7 Å². The molecule has 4 nitrogen and oxygen atoms in total. The molecule has 0 aromatic heterocycles. The van der Waals surface area contributed by atoms with Crippen LogP contribution in [0, 0.1) is 5.82 Å². The van der Waals surface area contributed by atoms with Crippen LogP contribution in [0.15, 0.2) is 23.4 Å². The van der Waals surface area contributed by atoms with Crippen LogP contribution in [0.25, 0.3) is 0 Å². The number of hydrogen-bond acceptors (Lipinski definition) is 3. The molecule has 0 amide bonds. The van der Waals surface area contributed by atoms with Crippen LogP contribution in [0.2, 0.25) is 0 Å². The number of hydrogen-bond donors (Lipinski definition) is 2. The van der Waals surface area contributed by atoms with Crippen LogP contribution < -0.4 is 5.73 Å². The molecular weight excluding hydrogens is 211 g/mol. The van der Waals surface area contributed by atoms with Gasteiger partial charge in [-0.1, -0.05) is 11.2 Å². The Morgan fingerprint density at radius 2 is 2.25 bits per heavy atom.